The monoisotopic (exact) mass is 271 g/mol. The zero-order valence-electron chi connectivity index (χ0n) is 12.8. The average Bonchev–Trinajstić information content (AvgIpc) is 2.39. The van der Waals surface area contributed by atoms with Crippen LogP contribution in [0, 0.1) is 11.8 Å². The van der Waals surface area contributed by atoms with E-state index in [4.69, 9.17) is 9.47 Å². The van der Waals surface area contributed by atoms with Crippen LogP contribution in [0.1, 0.15) is 46.5 Å². The van der Waals surface area contributed by atoms with Gasteiger partial charge in [0.1, 0.15) is 6.04 Å². The molecule has 0 spiro atoms. The molecule has 0 aromatic rings. The van der Waals surface area contributed by atoms with Gasteiger partial charge in [0.25, 0.3) is 0 Å². The van der Waals surface area contributed by atoms with Crippen LogP contribution in [0.4, 0.5) is 0 Å². The van der Waals surface area contributed by atoms with E-state index >= 15 is 0 Å². The fourth-order valence-corrected chi connectivity index (χ4v) is 2.62. The molecule has 4 atom stereocenters. The third kappa shape index (κ3) is 5.49. The number of carbonyl (C=O) groups is 1. The summed E-state index contributed by atoms with van der Waals surface area (Å²) in [6.45, 7) is 7.49. The summed E-state index contributed by atoms with van der Waals surface area (Å²) >= 11 is 0. The molecule has 4 heteroatoms. The van der Waals surface area contributed by atoms with Crippen molar-refractivity contribution < 1.29 is 14.3 Å². The minimum Gasteiger partial charge on any atom is -0.465 e. The fourth-order valence-electron chi connectivity index (χ4n) is 2.62. The van der Waals surface area contributed by atoms with Crippen molar-refractivity contribution >= 4 is 5.97 Å². The highest BCUT2D eigenvalue weighted by atomic mass is 16.5. The molecule has 0 amide bonds. The van der Waals surface area contributed by atoms with Crippen molar-refractivity contribution in [3.8, 4) is 0 Å². The van der Waals surface area contributed by atoms with E-state index < -0.39 is 0 Å². The molecular formula is C15H29NO3. The smallest absolute Gasteiger partial charge is 0.323 e. The van der Waals surface area contributed by atoms with E-state index in [0.29, 0.717) is 25.7 Å². The highest BCUT2D eigenvalue weighted by Gasteiger charge is 2.25. The lowest BCUT2D eigenvalue weighted by molar-refractivity contribution is -0.146. The second-order valence-corrected chi connectivity index (χ2v) is 5.64. The number of nitrogens with one attached hydrogen (secondary N) is 1. The van der Waals surface area contributed by atoms with Crippen molar-refractivity contribution in [3.63, 3.8) is 0 Å². The normalized spacial score (nSPS) is 28.9. The van der Waals surface area contributed by atoms with Crippen molar-refractivity contribution in [1.29, 1.82) is 0 Å². The first kappa shape index (κ1) is 16.4. The van der Waals surface area contributed by atoms with Gasteiger partial charge in [-0.15, -0.1) is 0 Å². The Morgan fingerprint density at radius 2 is 2.05 bits per heavy atom. The molecule has 4 nitrogen and oxygen atoms in total. The van der Waals surface area contributed by atoms with Gasteiger partial charge in [-0.05, 0) is 51.5 Å². The molecule has 0 aromatic carbocycles. The van der Waals surface area contributed by atoms with Crippen LogP contribution < -0.4 is 5.32 Å². The number of ether oxygens (including phenoxy) is 2. The van der Waals surface area contributed by atoms with Gasteiger partial charge in [0.05, 0.1) is 12.7 Å². The summed E-state index contributed by atoms with van der Waals surface area (Å²) in [4.78, 5) is 11.6. The van der Waals surface area contributed by atoms with Crippen LogP contribution in [0.15, 0.2) is 0 Å². The number of hydrogen-bond acceptors (Lipinski definition) is 4. The van der Waals surface area contributed by atoms with E-state index in [9.17, 15) is 4.79 Å². The van der Waals surface area contributed by atoms with Gasteiger partial charge < -0.3 is 14.8 Å². The lowest BCUT2D eigenvalue weighted by Crippen LogP contribution is -2.37. The first-order valence-electron chi connectivity index (χ1n) is 7.54. The van der Waals surface area contributed by atoms with Gasteiger partial charge in [-0.1, -0.05) is 13.8 Å². The predicted octanol–water partition coefficient (Wildman–Crippen LogP) is 2.37. The zero-order valence-corrected chi connectivity index (χ0v) is 12.8. The molecule has 0 bridgehead atoms. The molecule has 1 N–H and O–H groups in total. The SMILES string of the molecule is CCOC(=O)C(CCOC1CCC(C)C(C)C1)NC. The van der Waals surface area contributed by atoms with Gasteiger partial charge in [0.2, 0.25) is 0 Å². The fraction of sp³-hybridized carbons (Fsp3) is 0.933. The Kier molecular flexibility index (Phi) is 7.39. The molecule has 0 saturated heterocycles. The van der Waals surface area contributed by atoms with Crippen molar-refractivity contribution in [3.05, 3.63) is 0 Å². The molecule has 1 rings (SSSR count). The van der Waals surface area contributed by atoms with Gasteiger partial charge in [-0.2, -0.15) is 0 Å². The van der Waals surface area contributed by atoms with Crippen LogP contribution in [0.3, 0.4) is 0 Å². The van der Waals surface area contributed by atoms with Crippen LogP contribution in [0.5, 0.6) is 0 Å². The second kappa shape index (κ2) is 8.54. The summed E-state index contributed by atoms with van der Waals surface area (Å²) < 4.78 is 10.9. The Balaban J connectivity index is 2.23. The van der Waals surface area contributed by atoms with E-state index in [2.05, 4.69) is 19.2 Å². The maximum absolute atomic E-state index is 11.6. The average molecular weight is 271 g/mol. The largest absolute Gasteiger partial charge is 0.465 e. The Morgan fingerprint density at radius 3 is 2.63 bits per heavy atom. The quantitative estimate of drug-likeness (QED) is 0.722. The molecule has 4 unspecified atom stereocenters. The summed E-state index contributed by atoms with van der Waals surface area (Å²) in [7, 11) is 1.78. The third-order valence-corrected chi connectivity index (χ3v) is 4.23. The first-order valence-corrected chi connectivity index (χ1v) is 7.54. The number of esters is 1. The predicted molar refractivity (Wildman–Crippen MR) is 76.0 cm³/mol. The standard InChI is InChI=1S/C15H29NO3/c1-5-18-15(17)14(16-4)8-9-19-13-7-6-11(2)12(3)10-13/h11-14,16H,5-10H2,1-4H3. The molecule has 1 fully saturated rings. The summed E-state index contributed by atoms with van der Waals surface area (Å²) in [6.07, 6.45) is 4.58. The molecule has 19 heavy (non-hydrogen) atoms. The molecule has 1 aliphatic carbocycles. The minimum absolute atomic E-state index is 0.181. The van der Waals surface area contributed by atoms with E-state index in [1.165, 1.54) is 6.42 Å². The van der Waals surface area contributed by atoms with Crippen LogP contribution >= 0.6 is 0 Å². The van der Waals surface area contributed by atoms with Crippen molar-refractivity contribution in [1.82, 2.24) is 5.32 Å². The van der Waals surface area contributed by atoms with Crippen LogP contribution in [0.25, 0.3) is 0 Å². The number of carbonyl (C=O) groups excluding carboxylic acids is 1. The number of rotatable bonds is 7. The molecule has 0 radical (unpaired) electrons. The van der Waals surface area contributed by atoms with Gasteiger partial charge in [0, 0.05) is 6.61 Å². The maximum atomic E-state index is 11.6. The first-order chi connectivity index (χ1) is 9.08. The Labute approximate surface area is 117 Å². The lowest BCUT2D eigenvalue weighted by atomic mass is 9.80. The van der Waals surface area contributed by atoms with Crippen LogP contribution in [-0.2, 0) is 14.3 Å². The molecule has 0 aromatic heterocycles. The van der Waals surface area contributed by atoms with Crippen LogP contribution in [-0.4, -0.2) is 38.4 Å². The Bertz CT molecular complexity index is 270. The van der Waals surface area contributed by atoms with E-state index in [-0.39, 0.29) is 12.0 Å². The molecule has 1 saturated carbocycles. The van der Waals surface area contributed by atoms with E-state index in [1.54, 1.807) is 7.05 Å². The third-order valence-electron chi connectivity index (χ3n) is 4.23. The maximum Gasteiger partial charge on any atom is 0.323 e. The molecule has 0 heterocycles. The topological polar surface area (TPSA) is 47.6 Å². The van der Waals surface area contributed by atoms with Gasteiger partial charge in [-0.3, -0.25) is 4.79 Å². The summed E-state index contributed by atoms with van der Waals surface area (Å²) in [5.41, 5.74) is 0. The van der Waals surface area contributed by atoms with Gasteiger partial charge in [0.15, 0.2) is 0 Å². The molecule has 112 valence electrons. The number of likely N-dealkylation sites (N-methyl/N-ethyl adjacent to an activating group) is 1. The highest BCUT2D eigenvalue weighted by Crippen LogP contribution is 2.30. The summed E-state index contributed by atoms with van der Waals surface area (Å²) in [6, 6.07) is -0.250. The Hall–Kier alpha value is -0.610. The van der Waals surface area contributed by atoms with E-state index in [1.807, 2.05) is 6.92 Å². The lowest BCUT2D eigenvalue weighted by Gasteiger charge is -2.32. The van der Waals surface area contributed by atoms with Gasteiger partial charge in [-0.25, -0.2) is 0 Å². The van der Waals surface area contributed by atoms with Crippen LogP contribution in [0.2, 0.25) is 0 Å². The highest BCUT2D eigenvalue weighted by molar-refractivity contribution is 5.75. The number of hydrogen-bond donors (Lipinski definition) is 1. The molecule has 1 aliphatic rings. The van der Waals surface area contributed by atoms with Gasteiger partial charge >= 0.3 is 5.97 Å². The van der Waals surface area contributed by atoms with Crippen molar-refractivity contribution in [2.75, 3.05) is 20.3 Å². The summed E-state index contributed by atoms with van der Waals surface area (Å²) in [5.74, 6) is 1.37. The Morgan fingerprint density at radius 1 is 1.32 bits per heavy atom. The van der Waals surface area contributed by atoms with Crippen molar-refractivity contribution in [2.24, 2.45) is 11.8 Å². The summed E-state index contributed by atoms with van der Waals surface area (Å²) in [5, 5.41) is 2.99. The molecule has 0 aliphatic heterocycles. The zero-order chi connectivity index (χ0) is 14.3. The van der Waals surface area contributed by atoms with Crippen molar-refractivity contribution in [2.45, 2.75) is 58.6 Å². The van der Waals surface area contributed by atoms with E-state index in [0.717, 1.165) is 24.7 Å². The molecular weight excluding hydrogens is 242 g/mol. The second-order valence-electron chi connectivity index (χ2n) is 5.64. The minimum atomic E-state index is -0.250.